The van der Waals surface area contributed by atoms with E-state index in [1.54, 1.807) is 29.0 Å². The third-order valence-electron chi connectivity index (χ3n) is 6.58. The van der Waals surface area contributed by atoms with Crippen LogP contribution >= 0.6 is 0 Å². The van der Waals surface area contributed by atoms with E-state index in [9.17, 15) is 9.59 Å². The Morgan fingerprint density at radius 2 is 1.85 bits per heavy atom. The average Bonchev–Trinajstić information content (AvgIpc) is 2.82. The molecule has 1 fully saturated rings. The maximum atomic E-state index is 13.5. The van der Waals surface area contributed by atoms with Crippen LogP contribution in [0.25, 0.3) is 16.7 Å². The minimum absolute atomic E-state index is 0.0823. The molecule has 1 aliphatic rings. The van der Waals surface area contributed by atoms with Gasteiger partial charge in [-0.3, -0.25) is 19.4 Å². The molecule has 1 N–H and O–H groups in total. The summed E-state index contributed by atoms with van der Waals surface area (Å²) in [5.41, 5.74) is 3.14. The first kappa shape index (κ1) is 21.1. The zero-order valence-corrected chi connectivity index (χ0v) is 18.9. The monoisotopic (exact) mass is 441 g/mol. The third kappa shape index (κ3) is 3.84. The lowest BCUT2D eigenvalue weighted by molar-refractivity contribution is 0.0694. The van der Waals surface area contributed by atoms with Gasteiger partial charge in [0.1, 0.15) is 16.8 Å². The SMILES string of the molecule is Cc1ccc(Cn2c(=N)c(C(=O)N3CCC(C)CC3)cc3c(=O)n4ccccc4nc32)cc1. The molecule has 0 atom stereocenters. The van der Waals surface area contributed by atoms with Crippen molar-refractivity contribution in [3.05, 3.63) is 87.3 Å². The number of amides is 1. The van der Waals surface area contributed by atoms with E-state index in [2.05, 4.69) is 6.92 Å². The van der Waals surface area contributed by atoms with Crippen LogP contribution in [-0.4, -0.2) is 37.8 Å². The van der Waals surface area contributed by atoms with Gasteiger partial charge in [-0.1, -0.05) is 42.8 Å². The van der Waals surface area contributed by atoms with Gasteiger partial charge in [-0.15, -0.1) is 0 Å². The molecule has 0 unspecified atom stereocenters. The summed E-state index contributed by atoms with van der Waals surface area (Å²) in [4.78, 5) is 33.3. The van der Waals surface area contributed by atoms with Crippen molar-refractivity contribution >= 4 is 22.6 Å². The van der Waals surface area contributed by atoms with Crippen LogP contribution in [0.2, 0.25) is 0 Å². The molecule has 1 saturated heterocycles. The maximum Gasteiger partial charge on any atom is 0.267 e. The molecule has 0 saturated carbocycles. The summed E-state index contributed by atoms with van der Waals surface area (Å²) >= 11 is 0. The number of likely N-dealkylation sites (tertiary alicyclic amines) is 1. The average molecular weight is 442 g/mol. The standard InChI is InChI=1S/C26H27N5O2/c1-17-6-8-19(9-7-17)16-31-23(27)20(25(32)29-13-10-18(2)11-14-29)15-21-24(31)28-22-5-3-4-12-30(22)26(21)33/h3-9,12,15,18,27H,10-11,13-14,16H2,1-2H3. The number of hydrogen-bond donors (Lipinski definition) is 1. The first-order valence-electron chi connectivity index (χ1n) is 11.4. The van der Waals surface area contributed by atoms with Gasteiger partial charge in [-0.25, -0.2) is 4.98 Å². The molecule has 168 valence electrons. The second-order valence-electron chi connectivity index (χ2n) is 9.04. The molecule has 1 amide bonds. The molecule has 4 heterocycles. The van der Waals surface area contributed by atoms with Gasteiger partial charge in [0.05, 0.1) is 17.5 Å². The van der Waals surface area contributed by atoms with Gasteiger partial charge in [0.25, 0.3) is 11.5 Å². The molecule has 0 radical (unpaired) electrons. The number of benzene rings is 1. The lowest BCUT2D eigenvalue weighted by atomic mass is 9.98. The first-order valence-corrected chi connectivity index (χ1v) is 11.4. The van der Waals surface area contributed by atoms with Crippen LogP contribution in [0.15, 0.2) is 59.5 Å². The zero-order valence-electron chi connectivity index (χ0n) is 18.9. The summed E-state index contributed by atoms with van der Waals surface area (Å²) in [7, 11) is 0. The number of fused-ring (bicyclic) bond motifs is 2. The quantitative estimate of drug-likeness (QED) is 0.495. The molecule has 1 aliphatic heterocycles. The molecule has 0 spiro atoms. The molecule has 7 nitrogen and oxygen atoms in total. The minimum Gasteiger partial charge on any atom is -0.339 e. The predicted molar refractivity (Wildman–Crippen MR) is 127 cm³/mol. The van der Waals surface area contributed by atoms with Crippen molar-refractivity contribution in [3.8, 4) is 0 Å². The second kappa shape index (κ2) is 8.31. The van der Waals surface area contributed by atoms with Crippen LogP contribution in [0.3, 0.4) is 0 Å². The fraction of sp³-hybridized carbons (Fsp3) is 0.308. The smallest absolute Gasteiger partial charge is 0.267 e. The molecular weight excluding hydrogens is 414 g/mol. The maximum absolute atomic E-state index is 13.5. The van der Waals surface area contributed by atoms with Crippen LogP contribution in [0.4, 0.5) is 0 Å². The highest BCUT2D eigenvalue weighted by molar-refractivity contribution is 5.97. The van der Waals surface area contributed by atoms with E-state index in [0.29, 0.717) is 42.2 Å². The molecule has 1 aromatic carbocycles. The Bertz CT molecular complexity index is 1480. The summed E-state index contributed by atoms with van der Waals surface area (Å²) in [6, 6.07) is 15.0. The number of rotatable bonds is 3. The highest BCUT2D eigenvalue weighted by Crippen LogP contribution is 2.19. The van der Waals surface area contributed by atoms with Crippen LogP contribution in [0, 0.1) is 18.3 Å². The number of hydrogen-bond acceptors (Lipinski definition) is 4. The topological polar surface area (TPSA) is 83.5 Å². The highest BCUT2D eigenvalue weighted by atomic mass is 16.2. The molecule has 5 rings (SSSR count). The summed E-state index contributed by atoms with van der Waals surface area (Å²) in [6.07, 6.45) is 3.58. The van der Waals surface area contributed by atoms with Gasteiger partial charge in [0, 0.05) is 19.3 Å². The Morgan fingerprint density at radius 3 is 2.58 bits per heavy atom. The molecule has 0 bridgehead atoms. The molecule has 3 aromatic heterocycles. The summed E-state index contributed by atoms with van der Waals surface area (Å²) in [5, 5.41) is 9.30. The number of piperidine rings is 1. The Hall–Kier alpha value is -3.74. The molecule has 0 aliphatic carbocycles. The number of carbonyl (C=O) groups is 1. The van der Waals surface area contributed by atoms with Gasteiger partial charge in [0.15, 0.2) is 0 Å². The van der Waals surface area contributed by atoms with Gasteiger partial charge < -0.3 is 9.47 Å². The fourth-order valence-corrected chi connectivity index (χ4v) is 4.46. The predicted octanol–water partition coefficient (Wildman–Crippen LogP) is 3.36. The van der Waals surface area contributed by atoms with E-state index in [0.717, 1.165) is 24.0 Å². The van der Waals surface area contributed by atoms with E-state index < -0.39 is 0 Å². The van der Waals surface area contributed by atoms with Gasteiger partial charge in [0.2, 0.25) is 0 Å². The van der Waals surface area contributed by atoms with Crippen LogP contribution < -0.4 is 11.0 Å². The van der Waals surface area contributed by atoms with Crippen molar-refractivity contribution in [2.24, 2.45) is 5.92 Å². The van der Waals surface area contributed by atoms with Crippen LogP contribution in [0.1, 0.15) is 41.3 Å². The van der Waals surface area contributed by atoms with Crippen molar-refractivity contribution in [2.45, 2.75) is 33.2 Å². The summed E-state index contributed by atoms with van der Waals surface area (Å²) < 4.78 is 3.17. The zero-order chi connectivity index (χ0) is 23.1. The lowest BCUT2D eigenvalue weighted by Crippen LogP contribution is -2.41. The molecule has 4 aromatic rings. The van der Waals surface area contributed by atoms with Gasteiger partial charge in [-0.05, 0) is 49.4 Å². The normalized spacial score (nSPS) is 14.8. The molecule has 7 heteroatoms. The largest absolute Gasteiger partial charge is 0.339 e. The third-order valence-corrected chi connectivity index (χ3v) is 6.58. The second-order valence-corrected chi connectivity index (χ2v) is 9.04. The van der Waals surface area contributed by atoms with Crippen molar-refractivity contribution in [2.75, 3.05) is 13.1 Å². The Labute approximate surface area is 191 Å². The Morgan fingerprint density at radius 1 is 1.12 bits per heavy atom. The van der Waals surface area contributed by atoms with Crippen molar-refractivity contribution < 1.29 is 4.79 Å². The molecule has 33 heavy (non-hydrogen) atoms. The van der Waals surface area contributed by atoms with Crippen molar-refractivity contribution in [1.29, 1.82) is 5.41 Å². The van der Waals surface area contributed by atoms with E-state index in [-0.39, 0.29) is 22.5 Å². The number of nitrogens with one attached hydrogen (secondary N) is 1. The molecular formula is C26H27N5O2. The minimum atomic E-state index is -0.241. The van der Waals surface area contributed by atoms with Gasteiger partial charge in [-0.2, -0.15) is 0 Å². The van der Waals surface area contributed by atoms with Crippen LogP contribution in [-0.2, 0) is 6.54 Å². The number of aromatic nitrogens is 3. The Kier molecular flexibility index (Phi) is 5.32. The number of aryl methyl sites for hydroxylation is 1. The van der Waals surface area contributed by atoms with Crippen molar-refractivity contribution in [1.82, 2.24) is 18.9 Å². The Balaban J connectivity index is 1.73. The van der Waals surface area contributed by atoms with E-state index in [1.165, 1.54) is 4.40 Å². The van der Waals surface area contributed by atoms with E-state index >= 15 is 0 Å². The number of pyridine rings is 2. The first-order chi connectivity index (χ1) is 15.9. The number of carbonyl (C=O) groups excluding carboxylic acids is 1. The van der Waals surface area contributed by atoms with Crippen molar-refractivity contribution in [3.63, 3.8) is 0 Å². The lowest BCUT2D eigenvalue weighted by Gasteiger charge is -2.30. The van der Waals surface area contributed by atoms with E-state index in [4.69, 9.17) is 10.4 Å². The van der Waals surface area contributed by atoms with Crippen LogP contribution in [0.5, 0.6) is 0 Å². The number of nitrogens with zero attached hydrogens (tertiary/aromatic N) is 4. The highest BCUT2D eigenvalue weighted by Gasteiger charge is 2.25. The van der Waals surface area contributed by atoms with E-state index in [1.807, 2.05) is 42.2 Å². The van der Waals surface area contributed by atoms with Gasteiger partial charge >= 0.3 is 0 Å². The summed E-state index contributed by atoms with van der Waals surface area (Å²) in [6.45, 7) is 5.91. The summed E-state index contributed by atoms with van der Waals surface area (Å²) in [5.74, 6) is 0.400. The fourth-order valence-electron chi connectivity index (χ4n) is 4.46.